The van der Waals surface area contributed by atoms with Crippen LogP contribution in [-0.4, -0.2) is 9.55 Å². The van der Waals surface area contributed by atoms with Gasteiger partial charge in [0.05, 0.1) is 21.4 Å². The average molecular weight is 817 g/mol. The molecule has 0 N–H and O–H groups in total. The van der Waals surface area contributed by atoms with Crippen LogP contribution in [0.4, 0.5) is 0 Å². The van der Waals surface area contributed by atoms with Gasteiger partial charge in [0.2, 0.25) is 0 Å². The van der Waals surface area contributed by atoms with Gasteiger partial charge in [0.25, 0.3) is 0 Å². The number of nitrogens with zero attached hydrogens (tertiary/aromatic N) is 2. The summed E-state index contributed by atoms with van der Waals surface area (Å²) in [6.45, 7) is 0. The van der Waals surface area contributed by atoms with Crippen molar-refractivity contribution < 1.29 is 0 Å². The number of fused-ring (bicyclic) bond motifs is 16. The van der Waals surface area contributed by atoms with E-state index >= 15 is 0 Å². The topological polar surface area (TPSA) is 17.8 Å². The van der Waals surface area contributed by atoms with Crippen molar-refractivity contribution in [3.63, 3.8) is 0 Å². The van der Waals surface area contributed by atoms with Crippen molar-refractivity contribution in [1.29, 1.82) is 0 Å². The van der Waals surface area contributed by atoms with Crippen LogP contribution in [0.2, 0.25) is 0 Å². The van der Waals surface area contributed by atoms with E-state index in [0.717, 1.165) is 11.3 Å². The molecule has 3 aromatic heterocycles. The third kappa shape index (κ3) is 5.03. The first-order valence-electron chi connectivity index (χ1n) is 21.7. The fourth-order valence-electron chi connectivity index (χ4n) is 11.0. The number of rotatable bonds is 4. The van der Waals surface area contributed by atoms with E-state index in [1.807, 2.05) is 17.5 Å². The monoisotopic (exact) mass is 816 g/mol. The van der Waals surface area contributed by atoms with Crippen molar-refractivity contribution in [3.05, 3.63) is 229 Å². The van der Waals surface area contributed by atoms with Gasteiger partial charge in [-0.2, -0.15) is 0 Å². The number of thiophene rings is 1. The maximum atomic E-state index is 5.09. The Kier molecular flexibility index (Phi) is 7.36. The van der Waals surface area contributed by atoms with Crippen LogP contribution in [-0.2, 0) is 0 Å². The lowest BCUT2D eigenvalue weighted by atomic mass is 9.87. The largest absolute Gasteiger partial charge is 0.309 e. The van der Waals surface area contributed by atoms with Crippen LogP contribution < -0.4 is 0 Å². The first-order valence-corrected chi connectivity index (χ1v) is 22.5. The molecule has 0 saturated carbocycles. The van der Waals surface area contributed by atoms with Gasteiger partial charge < -0.3 is 4.57 Å². The van der Waals surface area contributed by atoms with Gasteiger partial charge in [0.15, 0.2) is 0 Å². The van der Waals surface area contributed by atoms with Gasteiger partial charge in [0.1, 0.15) is 0 Å². The lowest BCUT2D eigenvalue weighted by Crippen LogP contribution is -2.03. The number of pyridine rings is 1. The minimum Gasteiger partial charge on any atom is -0.309 e. The zero-order valence-corrected chi connectivity index (χ0v) is 34.9. The Balaban J connectivity index is 0.927. The van der Waals surface area contributed by atoms with Crippen LogP contribution in [0.5, 0.6) is 0 Å². The summed E-state index contributed by atoms with van der Waals surface area (Å²) in [5.74, 6) is 0.0704. The average Bonchev–Trinajstić information content (AvgIpc) is 4.02. The number of hydrogen-bond donors (Lipinski definition) is 0. The van der Waals surface area contributed by atoms with E-state index in [4.69, 9.17) is 4.98 Å². The van der Waals surface area contributed by atoms with Gasteiger partial charge in [0, 0.05) is 49.6 Å². The Bertz CT molecular complexity index is 4010. The molecule has 63 heavy (non-hydrogen) atoms. The molecule has 14 rings (SSSR count). The lowest BCUT2D eigenvalue weighted by molar-refractivity contribution is 1.01. The van der Waals surface area contributed by atoms with E-state index < -0.39 is 0 Å². The quantitative estimate of drug-likeness (QED) is 0.162. The zero-order chi connectivity index (χ0) is 41.2. The van der Waals surface area contributed by atoms with Crippen LogP contribution in [0.25, 0.3) is 113 Å². The summed E-state index contributed by atoms with van der Waals surface area (Å²) in [7, 11) is 0. The molecule has 13 aromatic rings. The maximum Gasteiger partial charge on any atom is 0.0880 e. The Morgan fingerprint density at radius 3 is 1.90 bits per heavy atom. The summed E-state index contributed by atoms with van der Waals surface area (Å²) in [6.07, 6.45) is 2.00. The van der Waals surface area contributed by atoms with E-state index in [0.29, 0.717) is 0 Å². The molecule has 292 valence electrons. The SMILES string of the molecule is c1ccc(-n2c3ccccc3c3ccc4c(c32)C(c2ccc3sc5c(-c6cccc(-c7ccc8c9ccccc9c9ccccc9c8c7)c6)nccc5c3c2)c2ccccc2-4)cc1. The minimum atomic E-state index is 0.0704. The fraction of sp³-hybridized carbons (Fsp3) is 0.0167. The molecule has 1 unspecified atom stereocenters. The zero-order valence-electron chi connectivity index (χ0n) is 34.1. The van der Waals surface area contributed by atoms with E-state index in [-0.39, 0.29) is 5.92 Å². The summed E-state index contributed by atoms with van der Waals surface area (Å²) in [4.78, 5) is 5.09. The number of aromatic nitrogens is 2. The molecule has 0 bridgehead atoms. The summed E-state index contributed by atoms with van der Waals surface area (Å²) >= 11 is 1.85. The molecular weight excluding hydrogens is 781 g/mol. The van der Waals surface area contributed by atoms with Gasteiger partial charge in [-0.1, -0.05) is 158 Å². The summed E-state index contributed by atoms with van der Waals surface area (Å²) < 4.78 is 4.99. The normalized spacial score (nSPS) is 13.6. The van der Waals surface area contributed by atoms with Crippen molar-refractivity contribution in [3.8, 4) is 39.2 Å². The highest BCUT2D eigenvalue weighted by molar-refractivity contribution is 7.26. The lowest BCUT2D eigenvalue weighted by Gasteiger charge is -2.18. The van der Waals surface area contributed by atoms with Crippen molar-refractivity contribution in [2.24, 2.45) is 0 Å². The molecule has 0 spiro atoms. The molecule has 0 saturated heterocycles. The second kappa shape index (κ2) is 13.3. The molecule has 0 radical (unpaired) electrons. The van der Waals surface area contributed by atoms with E-state index in [1.54, 1.807) is 0 Å². The Morgan fingerprint density at radius 2 is 1.08 bits per heavy atom. The summed E-state index contributed by atoms with van der Waals surface area (Å²) in [5.41, 5.74) is 14.9. The van der Waals surface area contributed by atoms with Gasteiger partial charge in [-0.25, -0.2) is 0 Å². The molecule has 1 aliphatic carbocycles. The molecule has 0 fully saturated rings. The molecule has 3 heterocycles. The molecule has 2 nitrogen and oxygen atoms in total. The summed E-state index contributed by atoms with van der Waals surface area (Å²) in [5, 5.41) is 12.8. The smallest absolute Gasteiger partial charge is 0.0880 e. The third-order valence-electron chi connectivity index (χ3n) is 13.7. The van der Waals surface area contributed by atoms with E-state index in [9.17, 15) is 0 Å². The van der Waals surface area contributed by atoms with Gasteiger partial charge in [-0.3, -0.25) is 4.98 Å². The van der Waals surface area contributed by atoms with E-state index in [1.165, 1.54) is 119 Å². The highest BCUT2D eigenvalue weighted by Crippen LogP contribution is 2.53. The van der Waals surface area contributed by atoms with Gasteiger partial charge >= 0.3 is 0 Å². The number of benzene rings is 10. The maximum absolute atomic E-state index is 5.09. The first kappa shape index (κ1) is 34.8. The predicted molar refractivity (Wildman–Crippen MR) is 268 cm³/mol. The van der Waals surface area contributed by atoms with Gasteiger partial charge in [-0.05, 0) is 120 Å². The molecule has 3 heteroatoms. The molecule has 10 aromatic carbocycles. The second-order valence-corrected chi connectivity index (χ2v) is 18.0. The highest BCUT2D eigenvalue weighted by atomic mass is 32.1. The molecule has 0 amide bonds. The Hall–Kier alpha value is -7.85. The number of para-hydroxylation sites is 2. The number of hydrogen-bond acceptors (Lipinski definition) is 2. The van der Waals surface area contributed by atoms with Crippen LogP contribution >= 0.6 is 11.3 Å². The summed E-state index contributed by atoms with van der Waals surface area (Å²) in [6, 6.07) is 76.4. The molecule has 1 aliphatic rings. The highest BCUT2D eigenvalue weighted by Gasteiger charge is 2.34. The second-order valence-electron chi connectivity index (χ2n) is 17.0. The first-order chi connectivity index (χ1) is 31.3. The van der Waals surface area contributed by atoms with Crippen molar-refractivity contribution in [2.75, 3.05) is 0 Å². The van der Waals surface area contributed by atoms with Crippen LogP contribution in [0.1, 0.15) is 22.6 Å². The standard InChI is InChI=1S/C60H36N2S/c1-2-15-40(16-3-1)62-54-24-11-10-22-47(54)50-29-28-49-45-21-8-9-23-48(45)56(57(49)59(50)62)38-26-30-55-53(35-38)51-31-32-61-58(60(51)63-55)39-14-12-13-36(33-39)37-25-27-46-43-19-5-4-17-41(43)42-18-6-7-20-44(42)52(46)34-37/h1-35,56H. The molecule has 1 atom stereocenters. The van der Waals surface area contributed by atoms with Crippen LogP contribution in [0.3, 0.4) is 0 Å². The predicted octanol–water partition coefficient (Wildman–Crippen LogP) is 16.5. The third-order valence-corrected chi connectivity index (χ3v) is 14.9. The van der Waals surface area contributed by atoms with Crippen LogP contribution in [0, 0.1) is 0 Å². The van der Waals surface area contributed by atoms with Crippen LogP contribution in [0.15, 0.2) is 212 Å². The van der Waals surface area contributed by atoms with Crippen molar-refractivity contribution >= 4 is 85.6 Å². The fourth-order valence-corrected chi connectivity index (χ4v) is 12.2. The Labute approximate surface area is 367 Å². The Morgan fingerprint density at radius 1 is 0.413 bits per heavy atom. The minimum absolute atomic E-state index is 0.0704. The van der Waals surface area contributed by atoms with E-state index in [2.05, 4.69) is 211 Å². The molecular formula is C60H36N2S. The van der Waals surface area contributed by atoms with Crippen molar-refractivity contribution in [1.82, 2.24) is 9.55 Å². The molecule has 0 aliphatic heterocycles. The van der Waals surface area contributed by atoms with Gasteiger partial charge in [-0.15, -0.1) is 11.3 Å². The van der Waals surface area contributed by atoms with Crippen molar-refractivity contribution in [2.45, 2.75) is 5.92 Å².